The predicted molar refractivity (Wildman–Crippen MR) is 79.1 cm³/mol. The van der Waals surface area contributed by atoms with E-state index in [1.165, 1.54) is 69.8 Å². The topological polar surface area (TPSA) is 32.5 Å². The molecule has 104 valence electrons. The maximum Gasteiger partial charge on any atom is 0.0348 e. The molecule has 0 aliphatic carbocycles. The first-order valence-electron chi connectivity index (χ1n) is 7.61. The van der Waals surface area contributed by atoms with Crippen LogP contribution in [0.25, 0.3) is 0 Å². The van der Waals surface area contributed by atoms with Crippen molar-refractivity contribution in [1.82, 2.24) is 9.80 Å². The first-order valence-corrected chi connectivity index (χ1v) is 8.76. The zero-order chi connectivity index (χ0) is 12.4. The van der Waals surface area contributed by atoms with Crippen molar-refractivity contribution in [2.75, 3.05) is 44.2 Å². The summed E-state index contributed by atoms with van der Waals surface area (Å²) in [4.78, 5) is 5.47. The van der Waals surface area contributed by atoms with Gasteiger partial charge in [0.05, 0.1) is 0 Å². The number of hydrogen-bond donors (Lipinski definition) is 1. The van der Waals surface area contributed by atoms with Crippen LogP contribution in [0.4, 0.5) is 0 Å². The third-order valence-corrected chi connectivity index (χ3v) is 6.28. The molecule has 0 aromatic heterocycles. The van der Waals surface area contributed by atoms with Crippen LogP contribution in [0.15, 0.2) is 0 Å². The number of likely N-dealkylation sites (tertiary alicyclic amines) is 2. The standard InChI is InChI=1S/C14H27N3S/c15-12-14(4-9-18-10-5-14)17-8-3-13(11-17)16-6-1-2-7-16/h13H,1-12,15H2. The molecular weight excluding hydrogens is 242 g/mol. The number of thioether (sulfide) groups is 1. The zero-order valence-electron chi connectivity index (χ0n) is 11.4. The fourth-order valence-electron chi connectivity index (χ4n) is 3.98. The van der Waals surface area contributed by atoms with E-state index in [0.717, 1.165) is 12.6 Å². The molecule has 3 aliphatic heterocycles. The lowest BCUT2D eigenvalue weighted by atomic mass is 9.90. The van der Waals surface area contributed by atoms with Gasteiger partial charge in [0.1, 0.15) is 0 Å². The fraction of sp³-hybridized carbons (Fsp3) is 1.00. The summed E-state index contributed by atoms with van der Waals surface area (Å²) >= 11 is 2.10. The van der Waals surface area contributed by atoms with Crippen LogP contribution in [0.3, 0.4) is 0 Å². The molecule has 0 aromatic rings. The van der Waals surface area contributed by atoms with E-state index in [1.54, 1.807) is 0 Å². The molecule has 0 saturated carbocycles. The van der Waals surface area contributed by atoms with E-state index in [9.17, 15) is 0 Å². The zero-order valence-corrected chi connectivity index (χ0v) is 12.3. The summed E-state index contributed by atoms with van der Waals surface area (Å²) in [5, 5.41) is 0. The van der Waals surface area contributed by atoms with Gasteiger partial charge in [0, 0.05) is 31.2 Å². The first kappa shape index (κ1) is 13.2. The van der Waals surface area contributed by atoms with Gasteiger partial charge in [0.2, 0.25) is 0 Å². The van der Waals surface area contributed by atoms with Crippen molar-refractivity contribution in [3.63, 3.8) is 0 Å². The normalized spacial score (nSPS) is 34.2. The highest BCUT2D eigenvalue weighted by Crippen LogP contribution is 2.35. The third kappa shape index (κ3) is 2.45. The van der Waals surface area contributed by atoms with Gasteiger partial charge in [0.15, 0.2) is 0 Å². The van der Waals surface area contributed by atoms with Gasteiger partial charge in [-0.15, -0.1) is 0 Å². The SMILES string of the molecule is NCC1(N2CCC(N3CCCC3)C2)CCSCC1. The van der Waals surface area contributed by atoms with Gasteiger partial charge in [0.25, 0.3) is 0 Å². The Labute approximate surface area is 115 Å². The molecular formula is C14H27N3S. The predicted octanol–water partition coefficient (Wildman–Crippen LogP) is 1.38. The van der Waals surface area contributed by atoms with Crippen LogP contribution in [0.5, 0.6) is 0 Å². The summed E-state index contributed by atoms with van der Waals surface area (Å²) in [5.74, 6) is 2.62. The second-order valence-corrected chi connectivity index (χ2v) is 7.40. The minimum atomic E-state index is 0.347. The van der Waals surface area contributed by atoms with Crippen molar-refractivity contribution in [3.8, 4) is 0 Å². The van der Waals surface area contributed by atoms with Gasteiger partial charge in [-0.3, -0.25) is 9.80 Å². The lowest BCUT2D eigenvalue weighted by molar-refractivity contribution is 0.101. The molecule has 3 aliphatic rings. The highest BCUT2D eigenvalue weighted by molar-refractivity contribution is 7.99. The van der Waals surface area contributed by atoms with Crippen molar-refractivity contribution >= 4 is 11.8 Å². The van der Waals surface area contributed by atoms with E-state index in [4.69, 9.17) is 5.73 Å². The Morgan fingerprint density at radius 3 is 2.50 bits per heavy atom. The molecule has 4 heteroatoms. The maximum absolute atomic E-state index is 6.15. The number of nitrogens with zero attached hydrogens (tertiary/aromatic N) is 2. The van der Waals surface area contributed by atoms with E-state index < -0.39 is 0 Å². The summed E-state index contributed by atoms with van der Waals surface area (Å²) in [5.41, 5.74) is 6.50. The average Bonchev–Trinajstić information content (AvgIpc) is 3.10. The van der Waals surface area contributed by atoms with Crippen LogP contribution in [-0.4, -0.2) is 65.6 Å². The van der Waals surface area contributed by atoms with E-state index in [2.05, 4.69) is 21.6 Å². The average molecular weight is 269 g/mol. The molecule has 0 amide bonds. The molecule has 3 saturated heterocycles. The van der Waals surface area contributed by atoms with Crippen LogP contribution in [-0.2, 0) is 0 Å². The van der Waals surface area contributed by atoms with Crippen molar-refractivity contribution in [2.45, 2.75) is 43.7 Å². The lowest BCUT2D eigenvalue weighted by Crippen LogP contribution is -2.55. The van der Waals surface area contributed by atoms with Gasteiger partial charge < -0.3 is 5.73 Å². The highest BCUT2D eigenvalue weighted by Gasteiger charge is 2.41. The van der Waals surface area contributed by atoms with Crippen molar-refractivity contribution in [3.05, 3.63) is 0 Å². The fourth-order valence-corrected chi connectivity index (χ4v) is 5.23. The van der Waals surface area contributed by atoms with Gasteiger partial charge >= 0.3 is 0 Å². The molecule has 18 heavy (non-hydrogen) atoms. The highest BCUT2D eigenvalue weighted by atomic mass is 32.2. The lowest BCUT2D eigenvalue weighted by Gasteiger charge is -2.44. The molecule has 3 fully saturated rings. The quantitative estimate of drug-likeness (QED) is 0.839. The molecule has 2 N–H and O–H groups in total. The van der Waals surface area contributed by atoms with E-state index in [0.29, 0.717) is 5.54 Å². The Morgan fingerprint density at radius 1 is 1.11 bits per heavy atom. The monoisotopic (exact) mass is 269 g/mol. The Balaban J connectivity index is 1.62. The Hall–Kier alpha value is 0.230. The van der Waals surface area contributed by atoms with E-state index >= 15 is 0 Å². The second kappa shape index (κ2) is 5.70. The first-order chi connectivity index (χ1) is 8.84. The summed E-state index contributed by atoms with van der Waals surface area (Å²) in [6.07, 6.45) is 6.81. The Bertz CT molecular complexity index is 272. The van der Waals surface area contributed by atoms with E-state index in [1.807, 2.05) is 0 Å². The van der Waals surface area contributed by atoms with Crippen molar-refractivity contribution in [1.29, 1.82) is 0 Å². The third-order valence-electron chi connectivity index (χ3n) is 5.29. The van der Waals surface area contributed by atoms with Crippen molar-refractivity contribution < 1.29 is 0 Å². The van der Waals surface area contributed by atoms with Crippen LogP contribution < -0.4 is 5.73 Å². The van der Waals surface area contributed by atoms with Crippen molar-refractivity contribution in [2.24, 2.45) is 5.73 Å². The molecule has 0 bridgehead atoms. The number of rotatable bonds is 3. The van der Waals surface area contributed by atoms with Gasteiger partial charge in [-0.1, -0.05) is 0 Å². The van der Waals surface area contributed by atoms with Crippen LogP contribution >= 0.6 is 11.8 Å². The smallest absolute Gasteiger partial charge is 0.0348 e. The summed E-state index contributed by atoms with van der Waals surface area (Å²) < 4.78 is 0. The molecule has 0 radical (unpaired) electrons. The minimum Gasteiger partial charge on any atom is -0.329 e. The second-order valence-electron chi connectivity index (χ2n) is 6.17. The molecule has 3 rings (SSSR count). The van der Waals surface area contributed by atoms with Gasteiger partial charge in [-0.05, 0) is 56.7 Å². The Kier molecular flexibility index (Phi) is 4.18. The van der Waals surface area contributed by atoms with Crippen LogP contribution in [0.1, 0.15) is 32.1 Å². The summed E-state index contributed by atoms with van der Waals surface area (Å²) in [6.45, 7) is 6.10. The van der Waals surface area contributed by atoms with Crippen LogP contribution in [0.2, 0.25) is 0 Å². The minimum absolute atomic E-state index is 0.347. The largest absolute Gasteiger partial charge is 0.329 e. The molecule has 3 heterocycles. The molecule has 0 spiro atoms. The van der Waals surface area contributed by atoms with Crippen LogP contribution in [0, 0.1) is 0 Å². The molecule has 3 nitrogen and oxygen atoms in total. The summed E-state index contributed by atoms with van der Waals surface area (Å²) in [6, 6.07) is 0.825. The number of nitrogens with two attached hydrogens (primary N) is 1. The van der Waals surface area contributed by atoms with Gasteiger partial charge in [-0.2, -0.15) is 11.8 Å². The molecule has 1 unspecified atom stereocenters. The Morgan fingerprint density at radius 2 is 1.83 bits per heavy atom. The molecule has 0 aromatic carbocycles. The maximum atomic E-state index is 6.15. The number of hydrogen-bond acceptors (Lipinski definition) is 4. The summed E-state index contributed by atoms with van der Waals surface area (Å²) in [7, 11) is 0. The van der Waals surface area contributed by atoms with Gasteiger partial charge in [-0.25, -0.2) is 0 Å². The molecule has 1 atom stereocenters. The van der Waals surface area contributed by atoms with E-state index in [-0.39, 0.29) is 0 Å².